The number of amides is 1. The molecule has 190 valence electrons. The molecule has 0 aromatic heterocycles. The average molecular weight is 509 g/mol. The van der Waals surface area contributed by atoms with Crippen LogP contribution in [0.4, 0.5) is 47.8 Å². The maximum absolute atomic E-state index is 12.9. The van der Waals surface area contributed by atoms with E-state index in [1.165, 1.54) is 17.0 Å². The molecule has 2 aromatic carbocycles. The molecule has 1 aliphatic heterocycles. The number of carbonyl (C=O) groups is 1. The smallest absolute Gasteiger partial charge is 0.428 e. The fourth-order valence-electron chi connectivity index (χ4n) is 3.55. The van der Waals surface area contributed by atoms with Crippen molar-refractivity contribution in [2.75, 3.05) is 23.3 Å². The molecule has 2 aromatic rings. The normalized spacial score (nSPS) is 15.3. The van der Waals surface area contributed by atoms with Crippen molar-refractivity contribution >= 4 is 23.0 Å². The van der Waals surface area contributed by atoms with Crippen LogP contribution in [0.2, 0.25) is 0 Å². The molecule has 7 nitrogen and oxygen atoms in total. The van der Waals surface area contributed by atoms with E-state index in [4.69, 9.17) is 0 Å². The molecule has 1 saturated heterocycles. The standard InChI is InChI=1S/C21H18F7N3O4/c22-19(23)21(27,28)35-15-4-2-14(3-5-15)29-18(32)12-7-9-30(10-8-12)16-6-1-13(20(24,25)26)11-17(16)31(33)34/h1-6,11-12,19H,7-10H2,(H,29,32). The van der Waals surface area contributed by atoms with Gasteiger partial charge in [0.15, 0.2) is 0 Å². The zero-order valence-electron chi connectivity index (χ0n) is 17.7. The third-order valence-corrected chi connectivity index (χ3v) is 5.34. The molecule has 1 fully saturated rings. The number of nitro groups is 1. The van der Waals surface area contributed by atoms with Crippen molar-refractivity contribution in [2.45, 2.75) is 31.6 Å². The highest BCUT2D eigenvalue weighted by Gasteiger charge is 2.44. The first-order valence-electron chi connectivity index (χ1n) is 10.1. The molecule has 35 heavy (non-hydrogen) atoms. The number of ether oxygens (including phenoxy) is 1. The van der Waals surface area contributed by atoms with Gasteiger partial charge in [-0.15, -0.1) is 0 Å². The van der Waals surface area contributed by atoms with E-state index in [1.54, 1.807) is 0 Å². The number of rotatable bonds is 7. The lowest BCUT2D eigenvalue weighted by molar-refractivity contribution is -0.384. The molecule has 0 atom stereocenters. The summed E-state index contributed by atoms with van der Waals surface area (Å²) in [6.07, 6.45) is -12.9. The SMILES string of the molecule is O=C(Nc1ccc(OC(F)(F)C(F)F)cc1)C1CCN(c2ccc(C(F)(F)F)cc2[N+](=O)[O-])CC1. The van der Waals surface area contributed by atoms with Crippen molar-refractivity contribution in [2.24, 2.45) is 5.92 Å². The Bertz CT molecular complexity index is 1070. The Balaban J connectivity index is 1.60. The largest absolute Gasteiger partial charge is 0.461 e. The molecule has 0 bridgehead atoms. The van der Waals surface area contributed by atoms with Gasteiger partial charge < -0.3 is 15.0 Å². The number of piperidine rings is 1. The third kappa shape index (κ3) is 6.31. The number of nitro benzene ring substituents is 1. The first-order valence-corrected chi connectivity index (χ1v) is 10.1. The molecule has 0 saturated carbocycles. The second kappa shape index (κ2) is 9.96. The molecule has 3 rings (SSSR count). The molecule has 1 heterocycles. The van der Waals surface area contributed by atoms with Gasteiger partial charge in [-0.1, -0.05) is 0 Å². The lowest BCUT2D eigenvalue weighted by Gasteiger charge is -2.32. The predicted molar refractivity (Wildman–Crippen MR) is 110 cm³/mol. The number of halogens is 7. The van der Waals surface area contributed by atoms with E-state index in [1.807, 2.05) is 0 Å². The Labute approximate surface area is 193 Å². The summed E-state index contributed by atoms with van der Waals surface area (Å²) in [6.45, 7) is 0.333. The highest BCUT2D eigenvalue weighted by molar-refractivity contribution is 5.92. The number of hydrogen-bond acceptors (Lipinski definition) is 5. The van der Waals surface area contributed by atoms with Gasteiger partial charge in [0.25, 0.3) is 5.69 Å². The molecule has 1 N–H and O–H groups in total. The Hall–Kier alpha value is -3.58. The van der Waals surface area contributed by atoms with Crippen LogP contribution in [0.5, 0.6) is 5.75 Å². The fourth-order valence-corrected chi connectivity index (χ4v) is 3.55. The number of carbonyl (C=O) groups excluding carboxylic acids is 1. The number of nitrogens with zero attached hydrogens (tertiary/aromatic N) is 2. The van der Waals surface area contributed by atoms with E-state index < -0.39 is 52.5 Å². The summed E-state index contributed by atoms with van der Waals surface area (Å²) in [4.78, 5) is 24.5. The summed E-state index contributed by atoms with van der Waals surface area (Å²) in [5.74, 6) is -1.49. The summed E-state index contributed by atoms with van der Waals surface area (Å²) in [5.41, 5.74) is -1.62. The van der Waals surface area contributed by atoms with Gasteiger partial charge in [-0.3, -0.25) is 14.9 Å². The first-order chi connectivity index (χ1) is 16.3. The zero-order chi connectivity index (χ0) is 26.0. The van der Waals surface area contributed by atoms with Gasteiger partial charge >= 0.3 is 18.7 Å². The van der Waals surface area contributed by atoms with Crippen LogP contribution in [0.3, 0.4) is 0 Å². The van der Waals surface area contributed by atoms with Crippen LogP contribution in [0, 0.1) is 16.0 Å². The van der Waals surface area contributed by atoms with E-state index in [2.05, 4.69) is 10.1 Å². The Kier molecular flexibility index (Phi) is 7.41. The minimum Gasteiger partial charge on any atom is -0.428 e. The molecule has 0 aliphatic carbocycles. The maximum Gasteiger partial charge on any atom is 0.461 e. The Morgan fingerprint density at radius 3 is 2.17 bits per heavy atom. The lowest BCUT2D eigenvalue weighted by atomic mass is 9.95. The van der Waals surface area contributed by atoms with Crippen molar-refractivity contribution < 1.29 is 45.2 Å². The molecule has 0 spiro atoms. The van der Waals surface area contributed by atoms with E-state index in [-0.39, 0.29) is 37.3 Å². The Morgan fingerprint density at radius 1 is 1.06 bits per heavy atom. The summed E-state index contributed by atoms with van der Waals surface area (Å²) < 4.78 is 92.9. The van der Waals surface area contributed by atoms with Gasteiger partial charge in [0.05, 0.1) is 10.5 Å². The molecular formula is C21H18F7N3O4. The summed E-state index contributed by atoms with van der Waals surface area (Å²) in [7, 11) is 0. The van der Waals surface area contributed by atoms with Crippen LogP contribution < -0.4 is 15.0 Å². The highest BCUT2D eigenvalue weighted by Crippen LogP contribution is 2.38. The van der Waals surface area contributed by atoms with Crippen molar-refractivity contribution in [3.05, 3.63) is 58.1 Å². The van der Waals surface area contributed by atoms with Gasteiger partial charge in [-0.2, -0.15) is 30.7 Å². The number of anilines is 2. The average Bonchev–Trinajstić information content (AvgIpc) is 2.79. The van der Waals surface area contributed by atoms with Crippen LogP contribution in [-0.4, -0.2) is 36.5 Å². The third-order valence-electron chi connectivity index (χ3n) is 5.34. The van der Waals surface area contributed by atoms with Gasteiger partial charge in [-0.05, 0) is 49.2 Å². The Morgan fingerprint density at radius 2 is 1.66 bits per heavy atom. The summed E-state index contributed by atoms with van der Waals surface area (Å²) >= 11 is 0. The number of alkyl halides is 7. The monoisotopic (exact) mass is 509 g/mol. The number of benzene rings is 2. The van der Waals surface area contributed by atoms with Crippen molar-refractivity contribution in [3.63, 3.8) is 0 Å². The molecule has 1 aliphatic rings. The van der Waals surface area contributed by atoms with E-state index in [0.717, 1.165) is 24.3 Å². The lowest BCUT2D eigenvalue weighted by Crippen LogP contribution is -2.38. The van der Waals surface area contributed by atoms with Crippen LogP contribution in [0.1, 0.15) is 18.4 Å². The number of hydrogen-bond donors (Lipinski definition) is 1. The van der Waals surface area contributed by atoms with Crippen molar-refractivity contribution in [1.82, 2.24) is 0 Å². The summed E-state index contributed by atoms with van der Waals surface area (Å²) in [6, 6.07) is 6.61. The zero-order valence-corrected chi connectivity index (χ0v) is 17.7. The molecule has 0 unspecified atom stereocenters. The maximum atomic E-state index is 12.9. The fraction of sp³-hybridized carbons (Fsp3) is 0.381. The van der Waals surface area contributed by atoms with E-state index in [0.29, 0.717) is 6.07 Å². The van der Waals surface area contributed by atoms with E-state index >= 15 is 0 Å². The molecule has 0 radical (unpaired) electrons. The second-order valence-corrected chi connectivity index (χ2v) is 7.70. The van der Waals surface area contributed by atoms with Crippen molar-refractivity contribution in [3.8, 4) is 5.75 Å². The van der Waals surface area contributed by atoms with Crippen LogP contribution in [-0.2, 0) is 11.0 Å². The predicted octanol–water partition coefficient (Wildman–Crippen LogP) is 5.71. The van der Waals surface area contributed by atoms with Gasteiger partial charge in [-0.25, -0.2) is 0 Å². The van der Waals surface area contributed by atoms with Gasteiger partial charge in [0, 0.05) is 30.8 Å². The van der Waals surface area contributed by atoms with Gasteiger partial charge in [0.2, 0.25) is 5.91 Å². The van der Waals surface area contributed by atoms with Crippen LogP contribution in [0.25, 0.3) is 0 Å². The molecular weight excluding hydrogens is 491 g/mol. The van der Waals surface area contributed by atoms with Crippen LogP contribution >= 0.6 is 0 Å². The van der Waals surface area contributed by atoms with E-state index in [9.17, 15) is 45.6 Å². The minimum atomic E-state index is -4.73. The van der Waals surface area contributed by atoms with Gasteiger partial charge in [0.1, 0.15) is 11.4 Å². The quantitative estimate of drug-likeness (QED) is 0.294. The first kappa shape index (κ1) is 26.0. The highest BCUT2D eigenvalue weighted by atomic mass is 19.4. The molecule has 14 heteroatoms. The summed E-state index contributed by atoms with van der Waals surface area (Å²) in [5, 5.41) is 13.9. The van der Waals surface area contributed by atoms with Crippen molar-refractivity contribution in [1.29, 1.82) is 0 Å². The topological polar surface area (TPSA) is 84.7 Å². The number of nitrogens with one attached hydrogen (secondary N) is 1. The molecule has 1 amide bonds. The van der Waals surface area contributed by atoms with Crippen LogP contribution in [0.15, 0.2) is 42.5 Å². The minimum absolute atomic E-state index is 0.0121. The second-order valence-electron chi connectivity index (χ2n) is 7.70.